The van der Waals surface area contributed by atoms with Crippen molar-refractivity contribution in [1.29, 1.82) is 0 Å². The SMILES string of the molecule is C#Cc1cc[c]c(CCC)c1. The summed E-state index contributed by atoms with van der Waals surface area (Å²) in [5.41, 5.74) is 2.16. The second-order valence-electron chi connectivity index (χ2n) is 2.50. The minimum absolute atomic E-state index is 0.951. The maximum Gasteiger partial charge on any atom is 0.0245 e. The van der Waals surface area contributed by atoms with Crippen LogP contribution < -0.4 is 0 Å². The summed E-state index contributed by atoms with van der Waals surface area (Å²) in [6, 6.07) is 8.96. The van der Waals surface area contributed by atoms with Gasteiger partial charge >= 0.3 is 0 Å². The Kier molecular flexibility index (Phi) is 2.74. The Morgan fingerprint density at radius 2 is 2.45 bits per heavy atom. The molecule has 0 heterocycles. The first-order valence-electron chi connectivity index (χ1n) is 3.84. The molecule has 0 atom stereocenters. The maximum atomic E-state index is 5.25. The quantitative estimate of drug-likeness (QED) is 0.558. The van der Waals surface area contributed by atoms with Crippen LogP contribution in [0.2, 0.25) is 0 Å². The van der Waals surface area contributed by atoms with E-state index in [0.29, 0.717) is 0 Å². The highest BCUT2D eigenvalue weighted by Crippen LogP contribution is 2.05. The van der Waals surface area contributed by atoms with Gasteiger partial charge in [-0.1, -0.05) is 25.3 Å². The van der Waals surface area contributed by atoms with Gasteiger partial charge in [-0.05, 0) is 30.2 Å². The van der Waals surface area contributed by atoms with Gasteiger partial charge in [-0.2, -0.15) is 0 Å². The number of rotatable bonds is 2. The molecule has 1 radical (unpaired) electrons. The molecule has 0 saturated heterocycles. The standard InChI is InChI=1S/C11H11/c1-3-6-11-8-5-7-10(4-2)9-11/h2,5,7,9H,3,6H2,1H3. The molecule has 0 nitrogen and oxygen atoms in total. The fourth-order valence-corrected chi connectivity index (χ4v) is 1.02. The van der Waals surface area contributed by atoms with E-state index in [-0.39, 0.29) is 0 Å². The number of benzene rings is 1. The average molecular weight is 143 g/mol. The van der Waals surface area contributed by atoms with Gasteiger partial charge in [0, 0.05) is 5.56 Å². The zero-order valence-electron chi connectivity index (χ0n) is 6.72. The summed E-state index contributed by atoms with van der Waals surface area (Å²) < 4.78 is 0. The molecular formula is C11H11. The highest BCUT2D eigenvalue weighted by molar-refractivity contribution is 5.34. The lowest BCUT2D eigenvalue weighted by molar-refractivity contribution is 0.920. The number of aryl methyl sites for hydroxylation is 1. The molecule has 55 valence electrons. The van der Waals surface area contributed by atoms with Crippen molar-refractivity contribution in [2.45, 2.75) is 19.8 Å². The molecule has 1 aromatic rings. The van der Waals surface area contributed by atoms with Crippen LogP contribution in [-0.2, 0) is 6.42 Å². The van der Waals surface area contributed by atoms with E-state index < -0.39 is 0 Å². The van der Waals surface area contributed by atoms with E-state index in [1.165, 1.54) is 5.56 Å². The summed E-state index contributed by atoms with van der Waals surface area (Å²) in [6.07, 6.45) is 7.46. The summed E-state index contributed by atoms with van der Waals surface area (Å²) in [4.78, 5) is 0. The van der Waals surface area contributed by atoms with Crippen LogP contribution >= 0.6 is 0 Å². The maximum absolute atomic E-state index is 5.25. The Bertz CT molecular complexity index is 266. The van der Waals surface area contributed by atoms with Gasteiger partial charge in [-0.25, -0.2) is 0 Å². The molecule has 0 aliphatic carbocycles. The topological polar surface area (TPSA) is 0 Å². The third kappa shape index (κ3) is 2.13. The number of hydrogen-bond acceptors (Lipinski definition) is 0. The van der Waals surface area contributed by atoms with Gasteiger partial charge in [0.25, 0.3) is 0 Å². The Morgan fingerprint density at radius 1 is 1.64 bits per heavy atom. The Hall–Kier alpha value is -1.22. The Labute approximate surface area is 68.3 Å². The van der Waals surface area contributed by atoms with E-state index in [2.05, 4.69) is 18.9 Å². The average Bonchev–Trinajstić information content (AvgIpc) is 2.06. The summed E-state index contributed by atoms with van der Waals surface area (Å²) in [5, 5.41) is 0. The molecule has 0 unspecified atom stereocenters. The predicted molar refractivity (Wildman–Crippen MR) is 47.2 cm³/mol. The lowest BCUT2D eigenvalue weighted by Crippen LogP contribution is -1.83. The lowest BCUT2D eigenvalue weighted by atomic mass is 10.1. The van der Waals surface area contributed by atoms with Gasteiger partial charge in [0.2, 0.25) is 0 Å². The summed E-state index contributed by atoms with van der Waals surface area (Å²) >= 11 is 0. The normalized spacial score (nSPS) is 9.09. The molecule has 0 amide bonds. The van der Waals surface area contributed by atoms with Gasteiger partial charge in [-0.3, -0.25) is 0 Å². The van der Waals surface area contributed by atoms with Gasteiger partial charge in [0.05, 0.1) is 0 Å². The van der Waals surface area contributed by atoms with E-state index in [1.54, 1.807) is 0 Å². The third-order valence-electron chi connectivity index (χ3n) is 1.55. The van der Waals surface area contributed by atoms with Crippen LogP contribution in [0, 0.1) is 18.4 Å². The minimum atomic E-state index is 0.951. The van der Waals surface area contributed by atoms with Gasteiger partial charge in [-0.15, -0.1) is 6.42 Å². The Morgan fingerprint density at radius 3 is 3.09 bits per heavy atom. The zero-order valence-corrected chi connectivity index (χ0v) is 6.72. The first kappa shape index (κ1) is 7.88. The fraction of sp³-hybridized carbons (Fsp3) is 0.273. The molecule has 0 spiro atoms. The molecule has 1 rings (SSSR count). The van der Waals surface area contributed by atoms with Crippen molar-refractivity contribution in [3.63, 3.8) is 0 Å². The van der Waals surface area contributed by atoms with Crippen LogP contribution in [0.25, 0.3) is 0 Å². The van der Waals surface area contributed by atoms with E-state index in [9.17, 15) is 0 Å². The lowest BCUT2D eigenvalue weighted by Gasteiger charge is -1.96. The molecule has 0 saturated carbocycles. The zero-order chi connectivity index (χ0) is 8.10. The van der Waals surface area contributed by atoms with Crippen LogP contribution in [0.5, 0.6) is 0 Å². The summed E-state index contributed by atoms with van der Waals surface area (Å²) in [6.45, 7) is 2.15. The summed E-state index contributed by atoms with van der Waals surface area (Å²) in [5.74, 6) is 2.61. The van der Waals surface area contributed by atoms with Crippen molar-refractivity contribution < 1.29 is 0 Å². The molecule has 1 aromatic carbocycles. The van der Waals surface area contributed by atoms with Gasteiger partial charge in [0.1, 0.15) is 0 Å². The highest BCUT2D eigenvalue weighted by Gasteiger charge is 1.91. The second-order valence-corrected chi connectivity index (χ2v) is 2.50. The molecule has 0 bridgehead atoms. The van der Waals surface area contributed by atoms with Gasteiger partial charge < -0.3 is 0 Å². The molecule has 0 N–H and O–H groups in total. The van der Waals surface area contributed by atoms with E-state index in [4.69, 9.17) is 6.42 Å². The molecule has 0 aliphatic rings. The largest absolute Gasteiger partial charge is 0.115 e. The van der Waals surface area contributed by atoms with Crippen molar-refractivity contribution >= 4 is 0 Å². The van der Waals surface area contributed by atoms with Gasteiger partial charge in [0.15, 0.2) is 0 Å². The minimum Gasteiger partial charge on any atom is -0.115 e. The summed E-state index contributed by atoms with van der Waals surface area (Å²) in [7, 11) is 0. The molecule has 0 heteroatoms. The predicted octanol–water partition coefficient (Wildman–Crippen LogP) is 2.42. The van der Waals surface area contributed by atoms with E-state index in [0.717, 1.165) is 18.4 Å². The van der Waals surface area contributed by atoms with Crippen LogP contribution in [0.15, 0.2) is 18.2 Å². The first-order valence-corrected chi connectivity index (χ1v) is 3.84. The van der Waals surface area contributed by atoms with Crippen molar-refractivity contribution in [2.24, 2.45) is 0 Å². The van der Waals surface area contributed by atoms with Crippen LogP contribution in [0.4, 0.5) is 0 Å². The molecule has 11 heavy (non-hydrogen) atoms. The van der Waals surface area contributed by atoms with Crippen molar-refractivity contribution in [1.82, 2.24) is 0 Å². The molecular weight excluding hydrogens is 132 g/mol. The van der Waals surface area contributed by atoms with Crippen LogP contribution in [-0.4, -0.2) is 0 Å². The van der Waals surface area contributed by atoms with Crippen molar-refractivity contribution in [2.75, 3.05) is 0 Å². The number of hydrogen-bond donors (Lipinski definition) is 0. The van der Waals surface area contributed by atoms with E-state index >= 15 is 0 Å². The molecule has 0 aromatic heterocycles. The third-order valence-corrected chi connectivity index (χ3v) is 1.55. The van der Waals surface area contributed by atoms with Crippen LogP contribution in [0.1, 0.15) is 24.5 Å². The second kappa shape index (κ2) is 3.83. The monoisotopic (exact) mass is 143 g/mol. The molecule has 0 aliphatic heterocycles. The van der Waals surface area contributed by atoms with E-state index in [1.807, 2.05) is 18.2 Å². The fourth-order valence-electron chi connectivity index (χ4n) is 1.02. The first-order chi connectivity index (χ1) is 5.36. The number of terminal acetylenes is 1. The van der Waals surface area contributed by atoms with Crippen molar-refractivity contribution in [3.05, 3.63) is 35.4 Å². The molecule has 0 fully saturated rings. The van der Waals surface area contributed by atoms with Crippen LogP contribution in [0.3, 0.4) is 0 Å². The highest BCUT2D eigenvalue weighted by atomic mass is 14.0. The Balaban J connectivity index is 2.85. The van der Waals surface area contributed by atoms with Crippen molar-refractivity contribution in [3.8, 4) is 12.3 Å². The smallest absolute Gasteiger partial charge is 0.0245 e.